The van der Waals surface area contributed by atoms with Crippen LogP contribution in [0.25, 0.3) is 0 Å². The van der Waals surface area contributed by atoms with Crippen molar-refractivity contribution in [3.63, 3.8) is 0 Å². The second-order valence-corrected chi connectivity index (χ2v) is 4.19. The largest absolute Gasteiger partial charge is 0.390 e. The number of rotatable bonds is 4. The van der Waals surface area contributed by atoms with Crippen LogP contribution < -0.4 is 0 Å². The number of aliphatic hydroxyl groups is 1. The molecule has 0 aliphatic carbocycles. The van der Waals surface area contributed by atoms with E-state index in [0.717, 1.165) is 19.3 Å². The Bertz CT molecular complexity index is 260. The maximum atomic E-state index is 9.48. The monoisotopic (exact) mass is 182 g/mol. The minimum absolute atomic E-state index is 0.539. The normalized spacial score (nSPS) is 12.0. The van der Waals surface area contributed by atoms with Crippen LogP contribution in [0.15, 0.2) is 12.4 Å². The van der Waals surface area contributed by atoms with Crippen molar-refractivity contribution in [2.24, 2.45) is 7.05 Å². The smallest absolute Gasteiger partial charge is 0.0591 e. The van der Waals surface area contributed by atoms with E-state index in [0.29, 0.717) is 0 Å². The van der Waals surface area contributed by atoms with Crippen molar-refractivity contribution in [2.45, 2.75) is 38.7 Å². The number of hydrogen-bond donors (Lipinski definition) is 1. The van der Waals surface area contributed by atoms with Crippen LogP contribution in [-0.2, 0) is 13.5 Å². The molecule has 0 fully saturated rings. The summed E-state index contributed by atoms with van der Waals surface area (Å²) in [6, 6.07) is 0. The molecule has 74 valence electrons. The maximum Gasteiger partial charge on any atom is 0.0591 e. The molecule has 13 heavy (non-hydrogen) atoms. The summed E-state index contributed by atoms with van der Waals surface area (Å²) in [6.07, 6.45) is 6.74. The second-order valence-electron chi connectivity index (χ2n) is 4.19. The minimum Gasteiger partial charge on any atom is -0.390 e. The topological polar surface area (TPSA) is 38.0 Å². The third kappa shape index (κ3) is 4.08. The van der Waals surface area contributed by atoms with Crippen LogP contribution in [0.2, 0.25) is 0 Å². The lowest BCUT2D eigenvalue weighted by Crippen LogP contribution is -2.18. The molecule has 1 N–H and O–H groups in total. The molecule has 1 aromatic rings. The molecule has 0 aliphatic rings. The third-order valence-corrected chi connectivity index (χ3v) is 2.01. The highest BCUT2D eigenvalue weighted by Gasteiger charge is 2.11. The third-order valence-electron chi connectivity index (χ3n) is 2.01. The van der Waals surface area contributed by atoms with Gasteiger partial charge in [0.1, 0.15) is 0 Å². The van der Waals surface area contributed by atoms with Crippen molar-refractivity contribution in [1.29, 1.82) is 0 Å². The highest BCUT2D eigenvalue weighted by atomic mass is 16.3. The molecular weight excluding hydrogens is 164 g/mol. The van der Waals surface area contributed by atoms with Gasteiger partial charge in [-0.25, -0.2) is 0 Å². The molecule has 0 saturated carbocycles. The summed E-state index contributed by atoms with van der Waals surface area (Å²) in [5, 5.41) is 13.6. The summed E-state index contributed by atoms with van der Waals surface area (Å²) in [7, 11) is 1.92. The summed E-state index contributed by atoms with van der Waals surface area (Å²) in [5.41, 5.74) is 0.703. The van der Waals surface area contributed by atoms with Crippen molar-refractivity contribution in [3.8, 4) is 0 Å². The van der Waals surface area contributed by atoms with Crippen molar-refractivity contribution >= 4 is 0 Å². The average Bonchev–Trinajstić information content (AvgIpc) is 2.33. The number of aromatic nitrogens is 2. The molecule has 1 rings (SSSR count). The molecule has 0 unspecified atom stereocenters. The molecule has 0 aliphatic heterocycles. The van der Waals surface area contributed by atoms with Gasteiger partial charge in [0.05, 0.1) is 11.8 Å². The van der Waals surface area contributed by atoms with Gasteiger partial charge in [0.2, 0.25) is 0 Å². The summed E-state index contributed by atoms with van der Waals surface area (Å²) in [4.78, 5) is 0. The molecule has 0 amide bonds. The van der Waals surface area contributed by atoms with Crippen LogP contribution >= 0.6 is 0 Å². The average molecular weight is 182 g/mol. The summed E-state index contributed by atoms with van der Waals surface area (Å²) in [5.74, 6) is 0. The van der Waals surface area contributed by atoms with E-state index in [1.54, 1.807) is 4.68 Å². The van der Waals surface area contributed by atoms with Gasteiger partial charge in [0.25, 0.3) is 0 Å². The van der Waals surface area contributed by atoms with Crippen molar-refractivity contribution in [3.05, 3.63) is 18.0 Å². The Labute approximate surface area is 79.4 Å². The fourth-order valence-corrected chi connectivity index (χ4v) is 1.33. The Morgan fingerprint density at radius 2 is 2.23 bits per heavy atom. The highest BCUT2D eigenvalue weighted by Crippen LogP contribution is 2.12. The van der Waals surface area contributed by atoms with Gasteiger partial charge in [-0.1, -0.05) is 0 Å². The fourth-order valence-electron chi connectivity index (χ4n) is 1.33. The standard InChI is InChI=1S/C10H18N2O/c1-10(2,13)6-4-5-9-7-11-12(3)8-9/h7-8,13H,4-6H2,1-3H3. The lowest BCUT2D eigenvalue weighted by Gasteiger charge is -2.15. The molecule has 0 spiro atoms. The Kier molecular flexibility index (Phi) is 3.09. The summed E-state index contributed by atoms with van der Waals surface area (Å²) >= 11 is 0. The first kappa shape index (κ1) is 10.3. The zero-order valence-electron chi connectivity index (χ0n) is 8.62. The first-order valence-electron chi connectivity index (χ1n) is 4.67. The first-order valence-corrected chi connectivity index (χ1v) is 4.67. The Balaban J connectivity index is 2.28. The highest BCUT2D eigenvalue weighted by molar-refractivity contribution is 5.03. The van der Waals surface area contributed by atoms with E-state index in [1.165, 1.54) is 5.56 Å². The van der Waals surface area contributed by atoms with Crippen LogP contribution in [0.4, 0.5) is 0 Å². The molecule has 0 saturated heterocycles. The fraction of sp³-hybridized carbons (Fsp3) is 0.700. The molecule has 3 nitrogen and oxygen atoms in total. The molecule has 0 bridgehead atoms. The van der Waals surface area contributed by atoms with Crippen LogP contribution in [0, 0.1) is 0 Å². The molecule has 1 heterocycles. The predicted octanol–water partition coefficient (Wildman–Crippen LogP) is 1.51. The minimum atomic E-state index is -0.539. The summed E-state index contributed by atoms with van der Waals surface area (Å²) in [6.45, 7) is 3.69. The molecule has 0 aromatic carbocycles. The Morgan fingerprint density at radius 3 is 2.69 bits per heavy atom. The summed E-state index contributed by atoms with van der Waals surface area (Å²) < 4.78 is 1.80. The van der Waals surface area contributed by atoms with Gasteiger partial charge >= 0.3 is 0 Å². The molecule has 3 heteroatoms. The van der Waals surface area contributed by atoms with E-state index in [2.05, 4.69) is 5.10 Å². The lowest BCUT2D eigenvalue weighted by atomic mass is 10.0. The van der Waals surface area contributed by atoms with E-state index in [9.17, 15) is 5.11 Å². The van der Waals surface area contributed by atoms with Crippen molar-refractivity contribution in [2.75, 3.05) is 0 Å². The SMILES string of the molecule is Cn1cc(CCCC(C)(C)O)cn1. The van der Waals surface area contributed by atoms with E-state index in [4.69, 9.17) is 0 Å². The Hall–Kier alpha value is -0.830. The molecular formula is C10H18N2O. The number of hydrogen-bond acceptors (Lipinski definition) is 2. The van der Waals surface area contributed by atoms with E-state index >= 15 is 0 Å². The van der Waals surface area contributed by atoms with Gasteiger partial charge < -0.3 is 5.11 Å². The van der Waals surface area contributed by atoms with Crippen molar-refractivity contribution < 1.29 is 5.11 Å². The van der Waals surface area contributed by atoms with Crippen LogP contribution in [-0.4, -0.2) is 20.5 Å². The van der Waals surface area contributed by atoms with Crippen LogP contribution in [0.3, 0.4) is 0 Å². The lowest BCUT2D eigenvalue weighted by molar-refractivity contribution is 0.0689. The number of aryl methyl sites for hydroxylation is 2. The van der Waals surface area contributed by atoms with E-state index in [1.807, 2.05) is 33.3 Å². The zero-order valence-corrected chi connectivity index (χ0v) is 8.62. The van der Waals surface area contributed by atoms with Gasteiger partial charge in [-0.05, 0) is 38.7 Å². The van der Waals surface area contributed by atoms with E-state index in [-0.39, 0.29) is 0 Å². The zero-order chi connectivity index (χ0) is 9.90. The van der Waals surface area contributed by atoms with Gasteiger partial charge in [0, 0.05) is 13.2 Å². The molecule has 0 atom stereocenters. The van der Waals surface area contributed by atoms with Gasteiger partial charge in [-0.2, -0.15) is 5.10 Å². The maximum absolute atomic E-state index is 9.48. The van der Waals surface area contributed by atoms with Gasteiger partial charge in [0.15, 0.2) is 0 Å². The molecule has 0 radical (unpaired) electrons. The number of nitrogens with zero attached hydrogens (tertiary/aromatic N) is 2. The second kappa shape index (κ2) is 3.92. The Morgan fingerprint density at radius 1 is 1.54 bits per heavy atom. The predicted molar refractivity (Wildman–Crippen MR) is 52.4 cm³/mol. The molecule has 1 aromatic heterocycles. The first-order chi connectivity index (χ1) is 5.97. The van der Waals surface area contributed by atoms with Crippen molar-refractivity contribution in [1.82, 2.24) is 9.78 Å². The van der Waals surface area contributed by atoms with Crippen LogP contribution in [0.5, 0.6) is 0 Å². The van der Waals surface area contributed by atoms with Gasteiger partial charge in [-0.3, -0.25) is 4.68 Å². The van der Waals surface area contributed by atoms with Gasteiger partial charge in [-0.15, -0.1) is 0 Å². The van der Waals surface area contributed by atoms with E-state index < -0.39 is 5.60 Å². The quantitative estimate of drug-likeness (QED) is 0.766. The van der Waals surface area contributed by atoms with Crippen LogP contribution in [0.1, 0.15) is 32.3 Å².